The molecule has 0 amide bonds. The fraction of sp³-hybridized carbons (Fsp3) is 0.773. The molecule has 1 fully saturated rings. The predicted octanol–water partition coefficient (Wildman–Crippen LogP) is 5.19. The first kappa shape index (κ1) is 20.2. The number of esters is 1. The Balaban J connectivity index is 2.45. The van der Waals surface area contributed by atoms with Crippen molar-refractivity contribution in [2.45, 2.75) is 91.8 Å². The number of carbonyl (C=O) groups is 1. The van der Waals surface area contributed by atoms with E-state index in [1.165, 1.54) is 12.5 Å². The van der Waals surface area contributed by atoms with Gasteiger partial charge in [-0.15, -0.1) is 0 Å². The highest BCUT2D eigenvalue weighted by Gasteiger charge is 2.55. The van der Waals surface area contributed by atoms with Crippen LogP contribution in [0.1, 0.15) is 80.1 Å². The summed E-state index contributed by atoms with van der Waals surface area (Å²) < 4.78 is 5.69. The summed E-state index contributed by atoms with van der Waals surface area (Å²) in [6.45, 7) is 12.3. The van der Waals surface area contributed by atoms with Gasteiger partial charge in [-0.25, -0.2) is 0 Å². The third-order valence-electron chi connectivity index (χ3n) is 6.73. The Bertz CT molecular complexity index is 560. The molecule has 0 saturated heterocycles. The molecule has 25 heavy (non-hydrogen) atoms. The first-order chi connectivity index (χ1) is 11.6. The molecule has 3 nitrogen and oxygen atoms in total. The van der Waals surface area contributed by atoms with Crippen molar-refractivity contribution in [1.29, 1.82) is 0 Å². The smallest absolute Gasteiger partial charge is 0.303 e. The minimum atomic E-state index is -0.691. The van der Waals surface area contributed by atoms with E-state index in [2.05, 4.69) is 46.8 Å². The number of rotatable bonds is 2. The third kappa shape index (κ3) is 4.36. The Morgan fingerprint density at radius 1 is 1.28 bits per heavy atom. The quantitative estimate of drug-likeness (QED) is 0.552. The fourth-order valence-corrected chi connectivity index (χ4v) is 4.77. The van der Waals surface area contributed by atoms with Gasteiger partial charge in [-0.1, -0.05) is 38.5 Å². The van der Waals surface area contributed by atoms with Crippen molar-refractivity contribution < 1.29 is 14.6 Å². The maximum absolute atomic E-state index is 11.7. The van der Waals surface area contributed by atoms with Gasteiger partial charge >= 0.3 is 5.97 Å². The number of ether oxygens (including phenoxy) is 1. The summed E-state index contributed by atoms with van der Waals surface area (Å²) in [5.41, 5.74) is 1.88. The molecule has 1 N–H and O–H groups in total. The van der Waals surface area contributed by atoms with Gasteiger partial charge in [0.2, 0.25) is 0 Å². The van der Waals surface area contributed by atoms with Crippen molar-refractivity contribution in [3.05, 3.63) is 23.3 Å². The molecule has 0 heterocycles. The average molecular weight is 349 g/mol. The van der Waals surface area contributed by atoms with Crippen LogP contribution in [0.15, 0.2) is 23.3 Å². The van der Waals surface area contributed by atoms with Gasteiger partial charge in [0, 0.05) is 6.92 Å². The van der Waals surface area contributed by atoms with Crippen molar-refractivity contribution in [2.24, 2.45) is 17.3 Å². The minimum absolute atomic E-state index is 0.0449. The Morgan fingerprint density at radius 2 is 1.96 bits per heavy atom. The number of hydrogen-bond donors (Lipinski definition) is 1. The van der Waals surface area contributed by atoms with Gasteiger partial charge in [-0.2, -0.15) is 0 Å². The van der Waals surface area contributed by atoms with Crippen LogP contribution in [-0.4, -0.2) is 22.8 Å². The summed E-state index contributed by atoms with van der Waals surface area (Å²) in [6, 6.07) is 0. The normalized spacial score (nSPS) is 39.0. The lowest BCUT2D eigenvalue weighted by Crippen LogP contribution is -2.45. The molecule has 1 saturated carbocycles. The molecular formula is C22H36O3. The molecule has 142 valence electrons. The minimum Gasteiger partial charge on any atom is -0.458 e. The Hall–Kier alpha value is -1.09. The van der Waals surface area contributed by atoms with E-state index in [1.54, 1.807) is 0 Å². The van der Waals surface area contributed by atoms with Crippen molar-refractivity contribution >= 4 is 5.97 Å². The van der Waals surface area contributed by atoms with Gasteiger partial charge in [0.25, 0.3) is 0 Å². The van der Waals surface area contributed by atoms with Crippen LogP contribution in [-0.2, 0) is 9.53 Å². The van der Waals surface area contributed by atoms with Crippen molar-refractivity contribution in [3.8, 4) is 0 Å². The Labute approximate surface area is 153 Å². The second kappa shape index (κ2) is 7.65. The topological polar surface area (TPSA) is 46.5 Å². The van der Waals surface area contributed by atoms with E-state index in [1.807, 2.05) is 0 Å². The molecule has 0 aromatic heterocycles. The Kier molecular flexibility index (Phi) is 6.19. The molecule has 4 atom stereocenters. The highest BCUT2D eigenvalue weighted by atomic mass is 16.5. The second-order valence-corrected chi connectivity index (χ2v) is 8.93. The lowest BCUT2D eigenvalue weighted by atomic mass is 9.67. The van der Waals surface area contributed by atoms with Crippen LogP contribution >= 0.6 is 0 Å². The molecule has 2 aliphatic carbocycles. The highest BCUT2D eigenvalue weighted by molar-refractivity contribution is 5.66. The second-order valence-electron chi connectivity index (χ2n) is 8.93. The summed E-state index contributed by atoms with van der Waals surface area (Å²) in [6.07, 6.45) is 9.90. The molecule has 2 rings (SSSR count). The van der Waals surface area contributed by atoms with Gasteiger partial charge in [-0.3, -0.25) is 4.79 Å². The maximum atomic E-state index is 11.7. The first-order valence-corrected chi connectivity index (χ1v) is 9.80. The maximum Gasteiger partial charge on any atom is 0.303 e. The van der Waals surface area contributed by atoms with Crippen LogP contribution in [0.2, 0.25) is 0 Å². The van der Waals surface area contributed by atoms with Crippen LogP contribution in [0.5, 0.6) is 0 Å². The molecule has 0 bridgehead atoms. The summed E-state index contributed by atoms with van der Waals surface area (Å²) >= 11 is 0. The molecule has 0 aromatic rings. The fourth-order valence-electron chi connectivity index (χ4n) is 4.77. The Morgan fingerprint density at radius 3 is 2.56 bits per heavy atom. The molecule has 0 aliphatic heterocycles. The zero-order chi connectivity index (χ0) is 18.8. The van der Waals surface area contributed by atoms with Crippen LogP contribution < -0.4 is 0 Å². The summed E-state index contributed by atoms with van der Waals surface area (Å²) in [7, 11) is 0. The number of carbonyl (C=O) groups excluding carboxylic acids is 1. The predicted molar refractivity (Wildman–Crippen MR) is 102 cm³/mol. The SMILES string of the molecule is CC(=O)O[C@H]1C[C@@H]2[C@@](C)(C/C=C(\C)CCC=C1C)CC[C@@]2(O)C(C)C. The van der Waals surface area contributed by atoms with Crippen LogP contribution in [0.3, 0.4) is 0 Å². The van der Waals surface area contributed by atoms with Crippen LogP contribution in [0.25, 0.3) is 0 Å². The molecule has 0 radical (unpaired) electrons. The molecule has 3 heteroatoms. The van der Waals surface area contributed by atoms with E-state index in [0.29, 0.717) is 6.42 Å². The number of hydrogen-bond acceptors (Lipinski definition) is 3. The van der Waals surface area contributed by atoms with Gasteiger partial charge in [0.15, 0.2) is 0 Å². The number of aliphatic hydroxyl groups is 1. The number of allylic oxidation sites excluding steroid dienone is 3. The van der Waals surface area contributed by atoms with Crippen LogP contribution in [0.4, 0.5) is 0 Å². The largest absolute Gasteiger partial charge is 0.458 e. The van der Waals surface area contributed by atoms with E-state index in [0.717, 1.165) is 37.7 Å². The molecule has 2 aliphatic rings. The average Bonchev–Trinajstić information content (AvgIpc) is 2.77. The molecule has 0 aromatic carbocycles. The monoisotopic (exact) mass is 348 g/mol. The van der Waals surface area contributed by atoms with E-state index < -0.39 is 5.60 Å². The lowest BCUT2D eigenvalue weighted by Gasteiger charge is -2.42. The molecular weight excluding hydrogens is 312 g/mol. The third-order valence-corrected chi connectivity index (χ3v) is 6.73. The zero-order valence-electron chi connectivity index (χ0n) is 16.9. The van der Waals surface area contributed by atoms with E-state index in [9.17, 15) is 9.90 Å². The van der Waals surface area contributed by atoms with Crippen molar-refractivity contribution in [2.75, 3.05) is 0 Å². The summed E-state index contributed by atoms with van der Waals surface area (Å²) in [5, 5.41) is 11.5. The zero-order valence-corrected chi connectivity index (χ0v) is 16.9. The molecule has 0 unspecified atom stereocenters. The summed E-state index contributed by atoms with van der Waals surface area (Å²) in [5.74, 6) is 0.0707. The molecule has 0 spiro atoms. The van der Waals surface area contributed by atoms with E-state index >= 15 is 0 Å². The van der Waals surface area contributed by atoms with Gasteiger partial charge in [-0.05, 0) is 75.2 Å². The van der Waals surface area contributed by atoms with Gasteiger partial charge in [0.1, 0.15) is 6.10 Å². The number of fused-ring (bicyclic) bond motifs is 1. The van der Waals surface area contributed by atoms with E-state index in [-0.39, 0.29) is 29.3 Å². The summed E-state index contributed by atoms with van der Waals surface area (Å²) in [4.78, 5) is 11.7. The van der Waals surface area contributed by atoms with Gasteiger partial charge < -0.3 is 9.84 Å². The lowest BCUT2D eigenvalue weighted by molar-refractivity contribution is -0.148. The van der Waals surface area contributed by atoms with Crippen molar-refractivity contribution in [3.63, 3.8) is 0 Å². The highest BCUT2D eigenvalue weighted by Crippen LogP contribution is 2.56. The first-order valence-electron chi connectivity index (χ1n) is 9.80. The standard InChI is InChI=1S/C22H36O3/c1-15(2)22(24)13-12-21(6)11-10-16(3)8-7-9-17(4)19(14-20(21)22)25-18(5)23/h9-10,15,19-20,24H,7-8,11-14H2,1-6H3/b16-10+,17-9?/t19-,20+,21-,22+/m0/s1. The van der Waals surface area contributed by atoms with Gasteiger partial charge in [0.05, 0.1) is 5.60 Å². The van der Waals surface area contributed by atoms with Crippen LogP contribution in [0, 0.1) is 17.3 Å². The van der Waals surface area contributed by atoms with Crippen molar-refractivity contribution in [1.82, 2.24) is 0 Å². The van der Waals surface area contributed by atoms with E-state index in [4.69, 9.17) is 4.74 Å².